The number of hydrogen-bond donors (Lipinski definition) is 1. The summed E-state index contributed by atoms with van der Waals surface area (Å²) in [5.41, 5.74) is 6.84. The molecular formula is C14H17N3O2S. The van der Waals surface area contributed by atoms with E-state index < -0.39 is 10.0 Å². The van der Waals surface area contributed by atoms with Gasteiger partial charge in [-0.25, -0.2) is 8.42 Å². The van der Waals surface area contributed by atoms with Crippen molar-refractivity contribution >= 4 is 21.4 Å². The second kappa shape index (κ2) is 5.92. The Bertz CT molecular complexity index is 672. The molecule has 0 bridgehead atoms. The lowest BCUT2D eigenvalue weighted by Gasteiger charge is -2.25. The molecule has 6 heteroatoms. The van der Waals surface area contributed by atoms with E-state index in [2.05, 4.69) is 4.98 Å². The Balaban J connectivity index is 2.52. The van der Waals surface area contributed by atoms with Crippen LogP contribution in [0.4, 0.5) is 11.4 Å². The molecule has 5 nitrogen and oxygen atoms in total. The lowest BCUT2D eigenvalue weighted by Crippen LogP contribution is -2.32. The van der Waals surface area contributed by atoms with E-state index in [1.807, 2.05) is 6.92 Å². The molecule has 0 spiro atoms. The fraction of sp³-hybridized carbons (Fsp3) is 0.214. The van der Waals surface area contributed by atoms with Crippen molar-refractivity contribution in [2.24, 2.45) is 0 Å². The second-order valence-corrected chi connectivity index (χ2v) is 6.19. The Morgan fingerprint density at radius 1 is 1.20 bits per heavy atom. The van der Waals surface area contributed by atoms with E-state index in [0.29, 0.717) is 24.3 Å². The average molecular weight is 291 g/mol. The third-order valence-corrected chi connectivity index (χ3v) is 4.65. The molecule has 1 aromatic heterocycles. The number of anilines is 2. The number of benzene rings is 1. The first-order valence-electron chi connectivity index (χ1n) is 6.34. The minimum absolute atomic E-state index is 0.164. The molecular weight excluding hydrogens is 274 g/mol. The molecule has 0 fully saturated rings. The monoisotopic (exact) mass is 291 g/mol. The third-order valence-electron chi connectivity index (χ3n) is 2.85. The zero-order chi connectivity index (χ0) is 14.6. The van der Waals surface area contributed by atoms with Crippen molar-refractivity contribution < 1.29 is 8.42 Å². The summed E-state index contributed by atoms with van der Waals surface area (Å²) in [5.74, 6) is 0. The Kier molecular flexibility index (Phi) is 4.24. The predicted molar refractivity (Wildman–Crippen MR) is 79.9 cm³/mol. The first kappa shape index (κ1) is 14.3. The van der Waals surface area contributed by atoms with Crippen LogP contribution >= 0.6 is 0 Å². The van der Waals surface area contributed by atoms with E-state index in [4.69, 9.17) is 5.73 Å². The van der Waals surface area contributed by atoms with Crippen LogP contribution < -0.4 is 10.0 Å². The van der Waals surface area contributed by atoms with Gasteiger partial charge >= 0.3 is 0 Å². The number of para-hydroxylation sites is 2. The van der Waals surface area contributed by atoms with E-state index in [0.717, 1.165) is 0 Å². The molecule has 0 aliphatic carbocycles. The number of nitrogens with zero attached hydrogens (tertiary/aromatic N) is 2. The minimum Gasteiger partial charge on any atom is -0.397 e. The number of pyridine rings is 1. The van der Waals surface area contributed by atoms with Gasteiger partial charge in [0.1, 0.15) is 4.90 Å². The van der Waals surface area contributed by atoms with E-state index >= 15 is 0 Å². The fourth-order valence-electron chi connectivity index (χ4n) is 1.91. The van der Waals surface area contributed by atoms with E-state index in [-0.39, 0.29) is 4.90 Å². The largest absolute Gasteiger partial charge is 0.397 e. The van der Waals surface area contributed by atoms with Gasteiger partial charge in [0.2, 0.25) is 0 Å². The molecule has 0 saturated carbocycles. The first-order valence-corrected chi connectivity index (χ1v) is 7.78. The molecule has 106 valence electrons. The number of nitrogens with two attached hydrogens (primary N) is 1. The van der Waals surface area contributed by atoms with Gasteiger partial charge in [-0.1, -0.05) is 19.1 Å². The fourth-order valence-corrected chi connectivity index (χ4v) is 3.46. The summed E-state index contributed by atoms with van der Waals surface area (Å²) >= 11 is 0. The van der Waals surface area contributed by atoms with Crippen LogP contribution in [0.3, 0.4) is 0 Å². The van der Waals surface area contributed by atoms with Gasteiger partial charge < -0.3 is 5.73 Å². The topological polar surface area (TPSA) is 76.3 Å². The minimum atomic E-state index is -3.65. The highest BCUT2D eigenvalue weighted by atomic mass is 32.2. The molecule has 1 heterocycles. The Morgan fingerprint density at radius 2 is 1.95 bits per heavy atom. The zero-order valence-corrected chi connectivity index (χ0v) is 12.0. The van der Waals surface area contributed by atoms with Gasteiger partial charge in [0.15, 0.2) is 0 Å². The molecule has 1 aromatic carbocycles. The maximum atomic E-state index is 12.7. The number of nitrogen functional groups attached to an aromatic ring is 1. The van der Waals surface area contributed by atoms with Gasteiger partial charge in [0, 0.05) is 18.9 Å². The van der Waals surface area contributed by atoms with E-state index in [1.54, 1.807) is 36.5 Å². The van der Waals surface area contributed by atoms with Gasteiger partial charge in [0.05, 0.1) is 11.4 Å². The zero-order valence-electron chi connectivity index (χ0n) is 11.2. The van der Waals surface area contributed by atoms with Gasteiger partial charge in [0.25, 0.3) is 10.0 Å². The molecule has 0 aliphatic heterocycles. The summed E-state index contributed by atoms with van der Waals surface area (Å²) in [7, 11) is -3.65. The summed E-state index contributed by atoms with van der Waals surface area (Å²) < 4.78 is 26.7. The molecule has 0 aliphatic rings. The van der Waals surface area contributed by atoms with Crippen molar-refractivity contribution in [1.29, 1.82) is 0 Å². The second-order valence-electron chi connectivity index (χ2n) is 4.32. The summed E-state index contributed by atoms with van der Waals surface area (Å²) in [6.07, 6.45) is 3.57. The highest BCUT2D eigenvalue weighted by Crippen LogP contribution is 2.28. The summed E-state index contributed by atoms with van der Waals surface area (Å²) in [5, 5.41) is 0. The SMILES string of the molecule is CCCN(c1ccccc1N)S(=O)(=O)c1cccnc1. The lowest BCUT2D eigenvalue weighted by atomic mass is 10.2. The van der Waals surface area contributed by atoms with Crippen LogP contribution in [0.15, 0.2) is 53.7 Å². The van der Waals surface area contributed by atoms with E-state index in [9.17, 15) is 8.42 Å². The van der Waals surface area contributed by atoms with Crippen LogP contribution in [-0.2, 0) is 10.0 Å². The van der Waals surface area contributed by atoms with Crippen molar-refractivity contribution in [3.05, 3.63) is 48.8 Å². The number of sulfonamides is 1. The lowest BCUT2D eigenvalue weighted by molar-refractivity contribution is 0.589. The van der Waals surface area contributed by atoms with Crippen LogP contribution in [0.1, 0.15) is 13.3 Å². The predicted octanol–water partition coefficient (Wildman–Crippen LogP) is 2.27. The summed E-state index contributed by atoms with van der Waals surface area (Å²) in [6, 6.07) is 10.1. The molecule has 0 atom stereocenters. The Labute approximate surface area is 119 Å². The number of rotatable bonds is 5. The van der Waals surface area contributed by atoms with Crippen LogP contribution in [-0.4, -0.2) is 19.9 Å². The van der Waals surface area contributed by atoms with Crippen molar-refractivity contribution in [2.75, 3.05) is 16.6 Å². The third kappa shape index (κ3) is 2.75. The molecule has 0 radical (unpaired) electrons. The molecule has 0 amide bonds. The molecule has 2 aromatic rings. The van der Waals surface area contributed by atoms with Gasteiger partial charge in [-0.05, 0) is 30.7 Å². The van der Waals surface area contributed by atoms with Crippen molar-refractivity contribution in [3.8, 4) is 0 Å². The maximum absolute atomic E-state index is 12.7. The van der Waals surface area contributed by atoms with E-state index in [1.165, 1.54) is 16.6 Å². The van der Waals surface area contributed by atoms with Gasteiger partial charge in [-0.15, -0.1) is 0 Å². The standard InChI is InChI=1S/C14H17N3O2S/c1-2-10-17(14-8-4-3-7-13(14)15)20(18,19)12-6-5-9-16-11-12/h3-9,11H,2,10,15H2,1H3. The first-order chi connectivity index (χ1) is 9.57. The highest BCUT2D eigenvalue weighted by molar-refractivity contribution is 7.92. The smallest absolute Gasteiger partial charge is 0.265 e. The average Bonchev–Trinajstić information content (AvgIpc) is 2.46. The normalized spacial score (nSPS) is 11.2. The molecule has 2 rings (SSSR count). The highest BCUT2D eigenvalue weighted by Gasteiger charge is 2.25. The van der Waals surface area contributed by atoms with Crippen molar-refractivity contribution in [1.82, 2.24) is 4.98 Å². The summed E-state index contributed by atoms with van der Waals surface area (Å²) in [4.78, 5) is 4.04. The van der Waals surface area contributed by atoms with Crippen molar-refractivity contribution in [2.45, 2.75) is 18.2 Å². The Morgan fingerprint density at radius 3 is 2.55 bits per heavy atom. The van der Waals surface area contributed by atoms with Crippen LogP contribution in [0.5, 0.6) is 0 Å². The Hall–Kier alpha value is -2.08. The molecule has 2 N–H and O–H groups in total. The van der Waals surface area contributed by atoms with Gasteiger partial charge in [-0.2, -0.15) is 0 Å². The van der Waals surface area contributed by atoms with Crippen LogP contribution in [0, 0.1) is 0 Å². The molecule has 20 heavy (non-hydrogen) atoms. The number of aromatic nitrogens is 1. The molecule has 0 unspecified atom stereocenters. The number of hydrogen-bond acceptors (Lipinski definition) is 4. The molecule has 0 saturated heterocycles. The quantitative estimate of drug-likeness (QED) is 0.857. The summed E-state index contributed by atoms with van der Waals surface area (Å²) in [6.45, 7) is 2.29. The maximum Gasteiger partial charge on any atom is 0.265 e. The van der Waals surface area contributed by atoms with Gasteiger partial charge in [-0.3, -0.25) is 9.29 Å². The van der Waals surface area contributed by atoms with Crippen LogP contribution in [0.25, 0.3) is 0 Å². The van der Waals surface area contributed by atoms with Crippen LogP contribution in [0.2, 0.25) is 0 Å². The van der Waals surface area contributed by atoms with Crippen molar-refractivity contribution in [3.63, 3.8) is 0 Å².